The lowest BCUT2D eigenvalue weighted by Gasteiger charge is -2.11. The normalized spacial score (nSPS) is 11.0. The molecule has 6 heteroatoms. The molecule has 0 radical (unpaired) electrons. The molecule has 0 saturated carbocycles. The molecule has 1 amide bonds. The zero-order valence-electron chi connectivity index (χ0n) is 9.61. The number of rotatable bonds is 3. The predicted molar refractivity (Wildman–Crippen MR) is 62.4 cm³/mol. The van der Waals surface area contributed by atoms with Crippen molar-refractivity contribution in [2.45, 2.75) is 6.42 Å². The highest BCUT2D eigenvalue weighted by Crippen LogP contribution is 2.12. The third kappa shape index (κ3) is 2.73. The number of aromatic amines is 1. The van der Waals surface area contributed by atoms with Gasteiger partial charge >= 0.3 is 5.76 Å². The van der Waals surface area contributed by atoms with Gasteiger partial charge in [-0.25, -0.2) is 9.80 Å². The first-order valence-electron chi connectivity index (χ1n) is 5.13. The van der Waals surface area contributed by atoms with Crippen LogP contribution < -0.4 is 11.2 Å². The number of nitrogens with one attached hydrogen (secondary N) is 2. The van der Waals surface area contributed by atoms with Crippen LogP contribution in [-0.4, -0.2) is 30.0 Å². The molecule has 0 saturated heterocycles. The summed E-state index contributed by atoms with van der Waals surface area (Å²) in [6, 6.07) is 5.18. The monoisotopic (exact) mass is 235 g/mol. The van der Waals surface area contributed by atoms with Crippen LogP contribution in [0.15, 0.2) is 27.4 Å². The number of hydrogen-bond acceptors (Lipinski definition) is 4. The van der Waals surface area contributed by atoms with Crippen LogP contribution in [0.1, 0.15) is 5.56 Å². The fourth-order valence-electron chi connectivity index (χ4n) is 1.57. The van der Waals surface area contributed by atoms with Crippen LogP contribution in [0.4, 0.5) is 0 Å². The predicted octanol–water partition coefficient (Wildman–Crippen LogP) is 0.256. The first-order chi connectivity index (χ1) is 8.04. The zero-order valence-corrected chi connectivity index (χ0v) is 9.61. The van der Waals surface area contributed by atoms with Crippen LogP contribution >= 0.6 is 0 Å². The van der Waals surface area contributed by atoms with Crippen molar-refractivity contribution < 1.29 is 9.21 Å². The van der Waals surface area contributed by atoms with E-state index in [-0.39, 0.29) is 12.3 Å². The molecule has 17 heavy (non-hydrogen) atoms. The number of hydrazine groups is 1. The first-order valence-corrected chi connectivity index (χ1v) is 5.13. The van der Waals surface area contributed by atoms with Gasteiger partial charge in [-0.3, -0.25) is 15.2 Å². The summed E-state index contributed by atoms with van der Waals surface area (Å²) in [5.41, 5.74) is 4.52. The van der Waals surface area contributed by atoms with Crippen LogP contribution in [0.5, 0.6) is 0 Å². The summed E-state index contributed by atoms with van der Waals surface area (Å²) < 4.78 is 4.92. The molecule has 6 nitrogen and oxygen atoms in total. The summed E-state index contributed by atoms with van der Waals surface area (Å²) in [5.74, 6) is -0.609. The standard InChI is InChI=1S/C11H13N3O3/c1-14(2)13-10(15)6-7-3-4-8-9(5-7)17-11(16)12-8/h3-5H,6H2,1-2H3,(H,12,16)(H,13,15). The summed E-state index contributed by atoms with van der Waals surface area (Å²) in [4.78, 5) is 25.0. The summed E-state index contributed by atoms with van der Waals surface area (Å²) in [7, 11) is 3.48. The summed E-state index contributed by atoms with van der Waals surface area (Å²) in [5, 5.41) is 1.58. The molecule has 1 heterocycles. The molecule has 0 aliphatic heterocycles. The molecule has 1 aromatic carbocycles. The minimum Gasteiger partial charge on any atom is -0.408 e. The van der Waals surface area contributed by atoms with Gasteiger partial charge in [0.1, 0.15) is 0 Å². The number of carbonyl (C=O) groups is 1. The molecule has 2 rings (SSSR count). The molecule has 1 aromatic heterocycles. The number of nitrogens with zero attached hydrogens (tertiary/aromatic N) is 1. The number of benzene rings is 1. The Labute approximate surface area is 97.2 Å². The number of carbonyl (C=O) groups excluding carboxylic acids is 1. The van der Waals surface area contributed by atoms with Crippen molar-refractivity contribution >= 4 is 17.0 Å². The molecular weight excluding hydrogens is 222 g/mol. The Hall–Kier alpha value is -2.08. The number of hydrogen-bond donors (Lipinski definition) is 2. The van der Waals surface area contributed by atoms with E-state index in [0.29, 0.717) is 11.1 Å². The van der Waals surface area contributed by atoms with Crippen LogP contribution in [0.25, 0.3) is 11.1 Å². The van der Waals surface area contributed by atoms with Crippen LogP contribution in [-0.2, 0) is 11.2 Å². The van der Waals surface area contributed by atoms with Gasteiger partial charge in [0.25, 0.3) is 0 Å². The van der Waals surface area contributed by atoms with E-state index in [1.165, 1.54) is 0 Å². The lowest BCUT2D eigenvalue weighted by molar-refractivity contribution is -0.124. The average molecular weight is 235 g/mol. The molecule has 0 atom stereocenters. The fraction of sp³-hybridized carbons (Fsp3) is 0.273. The average Bonchev–Trinajstić information content (AvgIpc) is 2.55. The fourth-order valence-corrected chi connectivity index (χ4v) is 1.57. The van der Waals surface area contributed by atoms with Gasteiger partial charge in [-0.05, 0) is 17.7 Å². The third-order valence-electron chi connectivity index (χ3n) is 2.20. The topological polar surface area (TPSA) is 78.3 Å². The Bertz CT molecular complexity index is 597. The van der Waals surface area contributed by atoms with Crippen molar-refractivity contribution in [1.82, 2.24) is 15.4 Å². The highest BCUT2D eigenvalue weighted by molar-refractivity contribution is 5.80. The van der Waals surface area contributed by atoms with Crippen molar-refractivity contribution in [3.8, 4) is 0 Å². The maximum atomic E-state index is 11.5. The number of fused-ring (bicyclic) bond motifs is 1. The molecule has 0 aliphatic carbocycles. The van der Waals surface area contributed by atoms with Gasteiger partial charge in [-0.15, -0.1) is 0 Å². The van der Waals surface area contributed by atoms with Crippen molar-refractivity contribution in [2.75, 3.05) is 14.1 Å². The maximum absolute atomic E-state index is 11.5. The molecule has 0 unspecified atom stereocenters. The van der Waals surface area contributed by atoms with Crippen LogP contribution in [0.3, 0.4) is 0 Å². The largest absolute Gasteiger partial charge is 0.417 e. The number of amides is 1. The Morgan fingerprint density at radius 3 is 2.94 bits per heavy atom. The maximum Gasteiger partial charge on any atom is 0.417 e. The Morgan fingerprint density at radius 1 is 1.47 bits per heavy atom. The van der Waals surface area contributed by atoms with Crippen molar-refractivity contribution in [1.29, 1.82) is 0 Å². The Balaban J connectivity index is 2.19. The minimum atomic E-state index is -0.491. The minimum absolute atomic E-state index is 0.118. The van der Waals surface area contributed by atoms with Gasteiger partial charge in [0.2, 0.25) is 5.91 Å². The van der Waals surface area contributed by atoms with E-state index in [4.69, 9.17) is 4.42 Å². The quantitative estimate of drug-likeness (QED) is 0.748. The van der Waals surface area contributed by atoms with Crippen molar-refractivity contribution in [2.24, 2.45) is 0 Å². The molecule has 0 aliphatic rings. The second kappa shape index (κ2) is 4.42. The van der Waals surface area contributed by atoms with E-state index in [0.717, 1.165) is 5.56 Å². The first kappa shape index (κ1) is 11.4. The van der Waals surface area contributed by atoms with Gasteiger partial charge in [0, 0.05) is 14.1 Å². The molecule has 90 valence electrons. The SMILES string of the molecule is CN(C)NC(=O)Cc1ccc2[nH]c(=O)oc2c1. The van der Waals surface area contributed by atoms with Crippen LogP contribution in [0, 0.1) is 0 Å². The van der Waals surface area contributed by atoms with Gasteiger partial charge in [-0.2, -0.15) is 0 Å². The van der Waals surface area contributed by atoms with Crippen LogP contribution in [0.2, 0.25) is 0 Å². The molecule has 0 spiro atoms. The zero-order chi connectivity index (χ0) is 12.4. The van der Waals surface area contributed by atoms with E-state index in [1.807, 2.05) is 0 Å². The summed E-state index contributed by atoms with van der Waals surface area (Å²) in [6.07, 6.45) is 0.239. The number of oxazole rings is 1. The van der Waals surface area contributed by atoms with E-state index in [1.54, 1.807) is 37.3 Å². The van der Waals surface area contributed by atoms with Gasteiger partial charge in [0.05, 0.1) is 11.9 Å². The third-order valence-corrected chi connectivity index (χ3v) is 2.20. The lowest BCUT2D eigenvalue weighted by atomic mass is 10.1. The Morgan fingerprint density at radius 2 is 2.24 bits per heavy atom. The molecule has 0 bridgehead atoms. The second-order valence-corrected chi connectivity index (χ2v) is 3.95. The summed E-state index contributed by atoms with van der Waals surface area (Å²) in [6.45, 7) is 0. The Kier molecular flexibility index (Phi) is 2.97. The highest BCUT2D eigenvalue weighted by atomic mass is 16.4. The molecular formula is C11H13N3O3. The summed E-state index contributed by atoms with van der Waals surface area (Å²) >= 11 is 0. The van der Waals surface area contributed by atoms with E-state index >= 15 is 0 Å². The van der Waals surface area contributed by atoms with Gasteiger partial charge < -0.3 is 4.42 Å². The molecule has 2 N–H and O–H groups in total. The van der Waals surface area contributed by atoms with Crippen molar-refractivity contribution in [3.05, 3.63) is 34.3 Å². The second-order valence-electron chi connectivity index (χ2n) is 3.95. The number of H-pyrrole nitrogens is 1. The number of aromatic nitrogens is 1. The van der Waals surface area contributed by atoms with Gasteiger partial charge in [-0.1, -0.05) is 6.07 Å². The highest BCUT2D eigenvalue weighted by Gasteiger charge is 2.06. The molecule has 0 fully saturated rings. The smallest absolute Gasteiger partial charge is 0.408 e. The van der Waals surface area contributed by atoms with Gasteiger partial charge in [0.15, 0.2) is 5.58 Å². The van der Waals surface area contributed by atoms with E-state index in [9.17, 15) is 9.59 Å². The van der Waals surface area contributed by atoms with E-state index < -0.39 is 5.76 Å². The van der Waals surface area contributed by atoms with E-state index in [2.05, 4.69) is 10.4 Å². The van der Waals surface area contributed by atoms with Crippen molar-refractivity contribution in [3.63, 3.8) is 0 Å². The lowest BCUT2D eigenvalue weighted by Crippen LogP contribution is -2.37. The molecule has 2 aromatic rings.